The minimum atomic E-state index is 0.388. The lowest BCUT2D eigenvalue weighted by Crippen LogP contribution is -2.33. The van der Waals surface area contributed by atoms with E-state index in [0.29, 0.717) is 5.41 Å². The Hall–Kier alpha value is -0.760. The molecule has 0 aromatic carbocycles. The summed E-state index contributed by atoms with van der Waals surface area (Å²) in [6, 6.07) is 2.07. The second kappa shape index (κ2) is 5.20. The van der Waals surface area contributed by atoms with E-state index in [-0.39, 0.29) is 0 Å². The van der Waals surface area contributed by atoms with E-state index in [9.17, 15) is 0 Å². The van der Waals surface area contributed by atoms with Crippen LogP contribution in [0, 0.1) is 5.41 Å². The van der Waals surface area contributed by atoms with Gasteiger partial charge < -0.3 is 9.73 Å². The van der Waals surface area contributed by atoms with Gasteiger partial charge in [0.2, 0.25) is 0 Å². The summed E-state index contributed by atoms with van der Waals surface area (Å²) < 4.78 is 5.11. The van der Waals surface area contributed by atoms with Crippen LogP contribution < -0.4 is 5.32 Å². The summed E-state index contributed by atoms with van der Waals surface area (Å²) in [5.74, 6) is 0. The van der Waals surface area contributed by atoms with Crippen LogP contribution >= 0.6 is 0 Å². The molecule has 80 valence electrons. The minimum Gasteiger partial charge on any atom is -0.472 e. The first-order valence-corrected chi connectivity index (χ1v) is 5.42. The molecule has 0 spiro atoms. The first-order chi connectivity index (χ1) is 6.76. The largest absolute Gasteiger partial charge is 0.472 e. The molecule has 1 aromatic heterocycles. The molecule has 1 rings (SSSR count). The molecule has 2 heteroatoms. The Balaban J connectivity index is 2.67. The molecular weight excluding hydrogens is 174 g/mol. The van der Waals surface area contributed by atoms with Gasteiger partial charge in [-0.1, -0.05) is 13.8 Å². The second-order valence-electron chi connectivity index (χ2n) is 4.05. The fourth-order valence-corrected chi connectivity index (χ4v) is 2.01. The smallest absolute Gasteiger partial charge is 0.0934 e. The highest BCUT2D eigenvalue weighted by atomic mass is 16.3. The van der Waals surface area contributed by atoms with Crippen LogP contribution in [-0.2, 0) is 6.42 Å². The van der Waals surface area contributed by atoms with Crippen LogP contribution in [0.2, 0.25) is 0 Å². The fourth-order valence-electron chi connectivity index (χ4n) is 2.01. The molecule has 0 saturated heterocycles. The summed E-state index contributed by atoms with van der Waals surface area (Å²) in [6.07, 6.45) is 7.13. The zero-order valence-corrected chi connectivity index (χ0v) is 9.47. The SMILES string of the molecule is CCC(CC)(CNC)Cc1ccoc1. The molecule has 2 nitrogen and oxygen atoms in total. The lowest BCUT2D eigenvalue weighted by molar-refractivity contribution is 0.252. The maximum atomic E-state index is 5.11. The number of nitrogens with one attached hydrogen (secondary N) is 1. The van der Waals surface area contributed by atoms with Gasteiger partial charge in [-0.05, 0) is 43.4 Å². The fraction of sp³-hybridized carbons (Fsp3) is 0.667. The Kier molecular flexibility index (Phi) is 4.21. The first kappa shape index (κ1) is 11.3. The van der Waals surface area contributed by atoms with E-state index in [2.05, 4.69) is 25.2 Å². The van der Waals surface area contributed by atoms with Crippen molar-refractivity contribution >= 4 is 0 Å². The van der Waals surface area contributed by atoms with E-state index in [1.54, 1.807) is 6.26 Å². The molecule has 14 heavy (non-hydrogen) atoms. The van der Waals surface area contributed by atoms with E-state index >= 15 is 0 Å². The normalized spacial score (nSPS) is 11.9. The highest BCUT2D eigenvalue weighted by molar-refractivity contribution is 5.09. The number of hydrogen-bond donors (Lipinski definition) is 1. The predicted molar refractivity (Wildman–Crippen MR) is 59.4 cm³/mol. The Labute approximate surface area is 86.7 Å². The second-order valence-corrected chi connectivity index (χ2v) is 4.05. The van der Waals surface area contributed by atoms with Crippen molar-refractivity contribution in [3.05, 3.63) is 24.2 Å². The average Bonchev–Trinajstić information content (AvgIpc) is 2.69. The number of rotatable bonds is 6. The van der Waals surface area contributed by atoms with Crippen LogP contribution in [0.4, 0.5) is 0 Å². The molecule has 0 fully saturated rings. The highest BCUT2D eigenvalue weighted by Gasteiger charge is 2.25. The van der Waals surface area contributed by atoms with Crippen molar-refractivity contribution in [2.75, 3.05) is 13.6 Å². The molecule has 0 unspecified atom stereocenters. The molecule has 1 heterocycles. The molecule has 0 bridgehead atoms. The first-order valence-electron chi connectivity index (χ1n) is 5.42. The van der Waals surface area contributed by atoms with Crippen molar-refractivity contribution in [2.45, 2.75) is 33.1 Å². The highest BCUT2D eigenvalue weighted by Crippen LogP contribution is 2.30. The summed E-state index contributed by atoms with van der Waals surface area (Å²) >= 11 is 0. The Bertz CT molecular complexity index is 237. The minimum absolute atomic E-state index is 0.388. The van der Waals surface area contributed by atoms with E-state index in [1.165, 1.54) is 18.4 Å². The summed E-state index contributed by atoms with van der Waals surface area (Å²) in [6.45, 7) is 5.60. The van der Waals surface area contributed by atoms with E-state index in [0.717, 1.165) is 13.0 Å². The van der Waals surface area contributed by atoms with Crippen molar-refractivity contribution in [3.8, 4) is 0 Å². The van der Waals surface area contributed by atoms with Gasteiger partial charge in [0.05, 0.1) is 12.5 Å². The van der Waals surface area contributed by atoms with Gasteiger partial charge in [-0.2, -0.15) is 0 Å². The van der Waals surface area contributed by atoms with E-state index in [4.69, 9.17) is 4.42 Å². The maximum Gasteiger partial charge on any atom is 0.0934 e. The van der Waals surface area contributed by atoms with Crippen LogP contribution in [0.5, 0.6) is 0 Å². The zero-order valence-electron chi connectivity index (χ0n) is 9.47. The molecule has 0 radical (unpaired) electrons. The van der Waals surface area contributed by atoms with Crippen LogP contribution in [-0.4, -0.2) is 13.6 Å². The number of furan rings is 1. The van der Waals surface area contributed by atoms with Crippen molar-refractivity contribution in [2.24, 2.45) is 5.41 Å². The van der Waals surface area contributed by atoms with Gasteiger partial charge in [-0.3, -0.25) is 0 Å². The van der Waals surface area contributed by atoms with Crippen molar-refractivity contribution in [1.82, 2.24) is 5.32 Å². The van der Waals surface area contributed by atoms with Crippen LogP contribution in [0.1, 0.15) is 32.3 Å². The molecular formula is C12H21NO. The van der Waals surface area contributed by atoms with Crippen LogP contribution in [0.3, 0.4) is 0 Å². The van der Waals surface area contributed by atoms with Gasteiger partial charge in [0.25, 0.3) is 0 Å². The predicted octanol–water partition coefficient (Wildman–Crippen LogP) is 2.85. The van der Waals surface area contributed by atoms with Gasteiger partial charge in [-0.25, -0.2) is 0 Å². The molecule has 0 aliphatic carbocycles. The van der Waals surface area contributed by atoms with Crippen LogP contribution in [0.25, 0.3) is 0 Å². The third kappa shape index (κ3) is 2.61. The lowest BCUT2D eigenvalue weighted by atomic mass is 9.77. The third-order valence-corrected chi connectivity index (χ3v) is 3.21. The van der Waals surface area contributed by atoms with Gasteiger partial charge in [-0.15, -0.1) is 0 Å². The van der Waals surface area contributed by atoms with Gasteiger partial charge in [0, 0.05) is 6.54 Å². The lowest BCUT2D eigenvalue weighted by Gasteiger charge is -2.31. The molecule has 0 aliphatic rings. The average molecular weight is 195 g/mol. The molecule has 1 N–H and O–H groups in total. The summed E-state index contributed by atoms with van der Waals surface area (Å²) in [4.78, 5) is 0. The monoisotopic (exact) mass is 195 g/mol. The third-order valence-electron chi connectivity index (χ3n) is 3.21. The van der Waals surface area contributed by atoms with E-state index < -0.39 is 0 Å². The van der Waals surface area contributed by atoms with Crippen molar-refractivity contribution < 1.29 is 4.42 Å². The van der Waals surface area contributed by atoms with Gasteiger partial charge in [0.15, 0.2) is 0 Å². The Morgan fingerprint density at radius 1 is 1.36 bits per heavy atom. The molecule has 0 amide bonds. The molecule has 0 atom stereocenters. The van der Waals surface area contributed by atoms with Crippen molar-refractivity contribution in [3.63, 3.8) is 0 Å². The summed E-state index contributed by atoms with van der Waals surface area (Å²) in [7, 11) is 2.02. The molecule has 0 aliphatic heterocycles. The standard InChI is InChI=1S/C12H21NO/c1-4-12(5-2,10-13-3)8-11-6-7-14-9-11/h6-7,9,13H,4-5,8,10H2,1-3H3. The topological polar surface area (TPSA) is 25.2 Å². The van der Waals surface area contributed by atoms with Gasteiger partial charge in [0.1, 0.15) is 0 Å². The maximum absolute atomic E-state index is 5.11. The van der Waals surface area contributed by atoms with Gasteiger partial charge >= 0.3 is 0 Å². The quantitative estimate of drug-likeness (QED) is 0.755. The summed E-state index contributed by atoms with van der Waals surface area (Å²) in [5, 5.41) is 3.29. The van der Waals surface area contributed by atoms with E-state index in [1.807, 2.05) is 13.3 Å². The number of hydrogen-bond acceptors (Lipinski definition) is 2. The molecule has 0 saturated carbocycles. The van der Waals surface area contributed by atoms with Crippen LogP contribution in [0.15, 0.2) is 23.0 Å². The van der Waals surface area contributed by atoms with Crippen molar-refractivity contribution in [1.29, 1.82) is 0 Å². The Morgan fingerprint density at radius 3 is 2.50 bits per heavy atom. The summed E-state index contributed by atoms with van der Waals surface area (Å²) in [5.41, 5.74) is 1.70. The zero-order chi connectivity index (χ0) is 10.4. The Morgan fingerprint density at radius 2 is 2.07 bits per heavy atom. The molecule has 1 aromatic rings.